The van der Waals surface area contributed by atoms with Gasteiger partial charge in [0.1, 0.15) is 11.8 Å². The van der Waals surface area contributed by atoms with Crippen molar-refractivity contribution in [1.29, 1.82) is 0 Å². The lowest BCUT2D eigenvalue weighted by atomic mass is 10.0. The summed E-state index contributed by atoms with van der Waals surface area (Å²) in [4.78, 5) is 28.2. The van der Waals surface area contributed by atoms with Gasteiger partial charge in [0.05, 0.1) is 19.7 Å². The monoisotopic (exact) mass is 360 g/mol. The Hall–Kier alpha value is -2.08. The first-order valence-corrected chi connectivity index (χ1v) is 9.50. The van der Waals surface area contributed by atoms with Crippen molar-refractivity contribution in [1.82, 2.24) is 9.80 Å². The molecule has 2 heterocycles. The van der Waals surface area contributed by atoms with Crippen molar-refractivity contribution in [3.8, 4) is 5.75 Å². The van der Waals surface area contributed by atoms with Crippen molar-refractivity contribution in [2.45, 2.75) is 50.6 Å². The number of likely N-dealkylation sites (tertiary alicyclic amines) is 2. The van der Waals surface area contributed by atoms with Gasteiger partial charge in [-0.2, -0.15) is 0 Å². The lowest BCUT2D eigenvalue weighted by Crippen LogP contribution is -2.45. The van der Waals surface area contributed by atoms with Gasteiger partial charge in [-0.3, -0.25) is 14.5 Å². The topological polar surface area (TPSA) is 70.1 Å². The Morgan fingerprint density at radius 2 is 1.85 bits per heavy atom. The van der Waals surface area contributed by atoms with E-state index in [2.05, 4.69) is 0 Å². The van der Waals surface area contributed by atoms with Crippen LogP contribution in [0.3, 0.4) is 0 Å². The second-order valence-electron chi connectivity index (χ2n) is 7.19. The molecular weight excluding hydrogens is 332 g/mol. The van der Waals surface area contributed by atoms with Gasteiger partial charge in [-0.25, -0.2) is 0 Å². The van der Waals surface area contributed by atoms with E-state index in [1.54, 1.807) is 7.11 Å². The Balaban J connectivity index is 1.75. The minimum atomic E-state index is -0.821. The number of rotatable bonds is 5. The van der Waals surface area contributed by atoms with Crippen molar-refractivity contribution < 1.29 is 19.4 Å². The summed E-state index contributed by atoms with van der Waals surface area (Å²) < 4.78 is 5.24. The summed E-state index contributed by atoms with van der Waals surface area (Å²) in [6, 6.07) is 7.47. The molecular formula is C20H28N2O4. The molecule has 6 nitrogen and oxygen atoms in total. The average molecular weight is 360 g/mol. The second kappa shape index (κ2) is 8.54. The smallest absolute Gasteiger partial charge is 0.320 e. The molecule has 2 aliphatic heterocycles. The Bertz CT molecular complexity index is 631. The van der Waals surface area contributed by atoms with Crippen LogP contribution in [0.25, 0.3) is 0 Å². The normalized spacial score (nSPS) is 24.3. The van der Waals surface area contributed by atoms with E-state index in [-0.39, 0.29) is 18.5 Å². The third-order valence-electron chi connectivity index (χ3n) is 5.56. The predicted octanol–water partition coefficient (Wildman–Crippen LogP) is 2.69. The Labute approximate surface area is 154 Å². The zero-order valence-corrected chi connectivity index (χ0v) is 15.4. The van der Waals surface area contributed by atoms with Gasteiger partial charge in [-0.15, -0.1) is 0 Å². The highest BCUT2D eigenvalue weighted by Crippen LogP contribution is 2.31. The fraction of sp³-hybridized carbons (Fsp3) is 0.600. The van der Waals surface area contributed by atoms with Crippen LogP contribution in [0.2, 0.25) is 0 Å². The van der Waals surface area contributed by atoms with Gasteiger partial charge >= 0.3 is 5.97 Å². The maximum Gasteiger partial charge on any atom is 0.320 e. The van der Waals surface area contributed by atoms with E-state index >= 15 is 0 Å². The Morgan fingerprint density at radius 1 is 1.08 bits per heavy atom. The maximum absolute atomic E-state index is 13.0. The number of hydrogen-bond donors (Lipinski definition) is 1. The van der Waals surface area contributed by atoms with Crippen LogP contribution >= 0.6 is 0 Å². The molecule has 3 rings (SSSR count). The van der Waals surface area contributed by atoms with Crippen molar-refractivity contribution in [2.75, 3.05) is 26.7 Å². The van der Waals surface area contributed by atoms with Gasteiger partial charge < -0.3 is 14.7 Å². The molecule has 0 unspecified atom stereocenters. The largest absolute Gasteiger partial charge is 0.497 e. The third-order valence-corrected chi connectivity index (χ3v) is 5.56. The zero-order chi connectivity index (χ0) is 18.5. The summed E-state index contributed by atoms with van der Waals surface area (Å²) >= 11 is 0. The lowest BCUT2D eigenvalue weighted by Gasteiger charge is -2.32. The molecule has 1 aromatic carbocycles. The number of nitrogens with zero attached hydrogens (tertiary/aromatic N) is 2. The van der Waals surface area contributed by atoms with Crippen LogP contribution in [0.1, 0.15) is 50.1 Å². The van der Waals surface area contributed by atoms with Crippen LogP contribution in [0.5, 0.6) is 5.75 Å². The summed E-state index contributed by atoms with van der Waals surface area (Å²) in [5, 5.41) is 9.35. The van der Waals surface area contributed by atoms with Crippen molar-refractivity contribution in [2.24, 2.45) is 0 Å². The summed E-state index contributed by atoms with van der Waals surface area (Å²) in [5.41, 5.74) is 1.12. The first kappa shape index (κ1) is 18.7. The minimum Gasteiger partial charge on any atom is -0.497 e. The summed E-state index contributed by atoms with van der Waals surface area (Å²) in [7, 11) is 1.64. The molecule has 0 aromatic heterocycles. The van der Waals surface area contributed by atoms with Crippen molar-refractivity contribution in [3.63, 3.8) is 0 Å². The number of amides is 1. The van der Waals surface area contributed by atoms with Crippen LogP contribution in [0, 0.1) is 0 Å². The lowest BCUT2D eigenvalue weighted by molar-refractivity contribution is -0.143. The highest BCUT2D eigenvalue weighted by atomic mass is 16.5. The highest BCUT2D eigenvalue weighted by molar-refractivity contribution is 5.80. The van der Waals surface area contributed by atoms with Crippen LogP contribution in [-0.2, 0) is 9.59 Å². The standard InChI is InChI=1S/C20H28N2O4/c1-26-16-10-8-15(9-11-16)17-6-3-2-4-13-22(17)19(23)14-21-12-5-7-18(21)20(24)25/h8-11,17-18H,2-7,12-14H2,1H3,(H,24,25)/t17-,18+/m0/s1. The number of ether oxygens (including phenoxy) is 1. The maximum atomic E-state index is 13.0. The molecule has 6 heteroatoms. The number of carbonyl (C=O) groups excluding carboxylic acids is 1. The number of methoxy groups -OCH3 is 1. The van der Waals surface area contributed by atoms with Crippen LogP contribution in [-0.4, -0.2) is 59.6 Å². The first-order chi connectivity index (χ1) is 12.6. The van der Waals surface area contributed by atoms with E-state index < -0.39 is 12.0 Å². The van der Waals surface area contributed by atoms with E-state index in [1.165, 1.54) is 0 Å². The molecule has 2 saturated heterocycles. The summed E-state index contributed by atoms with van der Waals surface area (Å²) in [6.45, 7) is 1.62. The number of hydrogen-bond acceptors (Lipinski definition) is 4. The Morgan fingerprint density at radius 3 is 2.54 bits per heavy atom. The molecule has 0 bridgehead atoms. The van der Waals surface area contributed by atoms with Gasteiger partial charge in [0, 0.05) is 6.54 Å². The number of carboxylic acids is 1. The SMILES string of the molecule is COc1ccc([C@@H]2CCCCCN2C(=O)CN2CCC[C@@H]2C(=O)O)cc1. The van der Waals surface area contributed by atoms with Crippen molar-refractivity contribution in [3.05, 3.63) is 29.8 Å². The number of carboxylic acid groups (broad SMARTS) is 1. The van der Waals surface area contributed by atoms with E-state index in [9.17, 15) is 14.7 Å². The predicted molar refractivity (Wildman–Crippen MR) is 98.1 cm³/mol. The quantitative estimate of drug-likeness (QED) is 0.874. The van der Waals surface area contributed by atoms with Crippen LogP contribution in [0.4, 0.5) is 0 Å². The molecule has 2 fully saturated rings. The van der Waals surface area contributed by atoms with E-state index in [0.717, 1.165) is 50.0 Å². The fourth-order valence-electron chi connectivity index (χ4n) is 4.14. The molecule has 0 aliphatic carbocycles. The van der Waals surface area contributed by atoms with Gasteiger partial charge in [0.25, 0.3) is 0 Å². The molecule has 1 aromatic rings. The van der Waals surface area contributed by atoms with Gasteiger partial charge in [-0.05, 0) is 49.9 Å². The second-order valence-corrected chi connectivity index (χ2v) is 7.19. The molecule has 2 aliphatic rings. The summed E-state index contributed by atoms with van der Waals surface area (Å²) in [5.74, 6) is 0.0281. The minimum absolute atomic E-state index is 0.0425. The van der Waals surface area contributed by atoms with Crippen LogP contribution < -0.4 is 4.74 Å². The highest BCUT2D eigenvalue weighted by Gasteiger charge is 2.34. The van der Waals surface area contributed by atoms with E-state index in [1.807, 2.05) is 34.1 Å². The third kappa shape index (κ3) is 4.18. The molecule has 1 amide bonds. The van der Waals surface area contributed by atoms with Crippen molar-refractivity contribution >= 4 is 11.9 Å². The molecule has 1 N–H and O–H groups in total. The van der Waals surface area contributed by atoms with Gasteiger partial charge in [0.2, 0.25) is 5.91 Å². The molecule has 26 heavy (non-hydrogen) atoms. The molecule has 0 spiro atoms. The number of carbonyl (C=O) groups is 2. The molecule has 142 valence electrons. The van der Waals surface area contributed by atoms with E-state index in [0.29, 0.717) is 13.0 Å². The number of benzene rings is 1. The number of aliphatic carboxylic acids is 1. The molecule has 2 atom stereocenters. The van der Waals surface area contributed by atoms with Crippen LogP contribution in [0.15, 0.2) is 24.3 Å². The average Bonchev–Trinajstić information content (AvgIpc) is 2.97. The Kier molecular flexibility index (Phi) is 6.14. The van der Waals surface area contributed by atoms with Gasteiger partial charge in [-0.1, -0.05) is 25.0 Å². The molecule has 0 radical (unpaired) electrons. The first-order valence-electron chi connectivity index (χ1n) is 9.50. The summed E-state index contributed by atoms with van der Waals surface area (Å²) in [6.07, 6.45) is 5.64. The molecule has 0 saturated carbocycles. The zero-order valence-electron chi connectivity index (χ0n) is 15.4. The fourth-order valence-corrected chi connectivity index (χ4v) is 4.14. The van der Waals surface area contributed by atoms with Gasteiger partial charge in [0.15, 0.2) is 0 Å². The van der Waals surface area contributed by atoms with E-state index in [4.69, 9.17) is 4.74 Å².